The first-order valence-corrected chi connectivity index (χ1v) is 11.1. The fourth-order valence-electron chi connectivity index (χ4n) is 3.50. The van der Waals surface area contributed by atoms with Gasteiger partial charge < -0.3 is 5.32 Å². The van der Waals surface area contributed by atoms with Crippen molar-refractivity contribution in [3.8, 4) is 5.69 Å². The zero-order valence-electron chi connectivity index (χ0n) is 15.7. The first-order valence-electron chi connectivity index (χ1n) is 9.30. The minimum atomic E-state index is -4.53. The second-order valence-corrected chi connectivity index (χ2v) is 9.32. The van der Waals surface area contributed by atoms with E-state index >= 15 is 0 Å². The molecule has 3 atom stereocenters. The summed E-state index contributed by atoms with van der Waals surface area (Å²) in [4.78, 5) is 12.6. The fraction of sp³-hybridized carbons (Fsp3) is 0.474. The number of benzene rings is 1. The van der Waals surface area contributed by atoms with Crippen molar-refractivity contribution in [3.05, 3.63) is 51.4 Å². The van der Waals surface area contributed by atoms with Gasteiger partial charge in [-0.05, 0) is 37.5 Å². The summed E-state index contributed by atoms with van der Waals surface area (Å²) in [5.41, 5.74) is -1.28. The highest BCUT2D eigenvalue weighted by molar-refractivity contribution is 7.85. The van der Waals surface area contributed by atoms with Crippen molar-refractivity contribution in [3.63, 3.8) is 0 Å². The summed E-state index contributed by atoms with van der Waals surface area (Å²) in [6.07, 6.45) is 0.186. The molecule has 2 aromatic rings. The van der Waals surface area contributed by atoms with Crippen LogP contribution in [0.1, 0.15) is 38.2 Å². The van der Waals surface area contributed by atoms with Gasteiger partial charge in [0.05, 0.1) is 23.1 Å². The fourth-order valence-corrected chi connectivity index (χ4v) is 5.03. The van der Waals surface area contributed by atoms with E-state index < -0.39 is 28.1 Å². The second kappa shape index (κ2) is 8.87. The predicted octanol–water partition coefficient (Wildman–Crippen LogP) is 4.40. The molecule has 0 radical (unpaired) electrons. The van der Waals surface area contributed by atoms with Crippen molar-refractivity contribution in [2.45, 2.75) is 50.1 Å². The molecule has 1 fully saturated rings. The van der Waals surface area contributed by atoms with Crippen LogP contribution >= 0.6 is 11.6 Å². The lowest BCUT2D eigenvalue weighted by Gasteiger charge is -2.29. The predicted molar refractivity (Wildman–Crippen MR) is 108 cm³/mol. The highest BCUT2D eigenvalue weighted by Crippen LogP contribution is 2.30. The summed E-state index contributed by atoms with van der Waals surface area (Å²) in [5, 5.41) is 7.15. The van der Waals surface area contributed by atoms with Gasteiger partial charge >= 0.3 is 6.18 Å². The third-order valence-corrected chi connectivity index (χ3v) is 7.09. The number of nitrogens with one attached hydrogen (secondary N) is 1. The molecule has 1 aliphatic rings. The summed E-state index contributed by atoms with van der Waals surface area (Å²) in [6.45, 7) is 1.89. The minimum Gasteiger partial charge on any atom is -0.380 e. The van der Waals surface area contributed by atoms with Crippen molar-refractivity contribution < 1.29 is 17.4 Å². The number of alkyl halides is 3. The van der Waals surface area contributed by atoms with Gasteiger partial charge in [-0.15, -0.1) is 0 Å². The van der Waals surface area contributed by atoms with Gasteiger partial charge in [0.1, 0.15) is 5.02 Å². The van der Waals surface area contributed by atoms with Crippen LogP contribution in [0, 0.1) is 0 Å². The first-order chi connectivity index (χ1) is 13.7. The average molecular weight is 448 g/mol. The zero-order valence-corrected chi connectivity index (χ0v) is 17.3. The van der Waals surface area contributed by atoms with Crippen LogP contribution in [-0.2, 0) is 17.0 Å². The molecule has 1 N–H and O–H groups in total. The molecule has 1 aliphatic carbocycles. The normalized spacial score (nSPS) is 21.0. The smallest absolute Gasteiger partial charge is 0.380 e. The molecule has 0 amide bonds. The van der Waals surface area contributed by atoms with Crippen LogP contribution < -0.4 is 10.9 Å². The van der Waals surface area contributed by atoms with Gasteiger partial charge in [-0.2, -0.15) is 23.0 Å². The van der Waals surface area contributed by atoms with Crippen LogP contribution in [0.3, 0.4) is 0 Å². The van der Waals surface area contributed by atoms with Gasteiger partial charge in [0.15, 0.2) is 0 Å². The summed E-state index contributed by atoms with van der Waals surface area (Å²) < 4.78 is 51.8. The monoisotopic (exact) mass is 447 g/mol. The number of nitrogens with zero attached hydrogens (tertiary/aromatic N) is 2. The zero-order chi connectivity index (χ0) is 21.2. The summed E-state index contributed by atoms with van der Waals surface area (Å²) in [5.74, 6) is 0.604. The van der Waals surface area contributed by atoms with Crippen LogP contribution in [0.15, 0.2) is 35.3 Å². The van der Waals surface area contributed by atoms with Gasteiger partial charge in [-0.1, -0.05) is 31.0 Å². The molecule has 1 aromatic carbocycles. The third kappa shape index (κ3) is 5.01. The Labute approximate surface area is 173 Å². The van der Waals surface area contributed by atoms with Crippen LogP contribution in [0.25, 0.3) is 5.69 Å². The number of aromatic nitrogens is 2. The van der Waals surface area contributed by atoms with E-state index in [9.17, 15) is 22.2 Å². The molecule has 0 spiro atoms. The van der Waals surface area contributed by atoms with Gasteiger partial charge in [-0.25, -0.2) is 0 Å². The summed E-state index contributed by atoms with van der Waals surface area (Å²) >= 11 is 6.21. The van der Waals surface area contributed by atoms with Gasteiger partial charge in [-0.3, -0.25) is 9.00 Å². The highest BCUT2D eigenvalue weighted by Gasteiger charge is 2.31. The molecule has 10 heteroatoms. The van der Waals surface area contributed by atoms with E-state index in [1.54, 1.807) is 0 Å². The largest absolute Gasteiger partial charge is 0.416 e. The maximum Gasteiger partial charge on any atom is 0.416 e. The second-order valence-electron chi connectivity index (χ2n) is 6.94. The molecule has 1 aromatic heterocycles. The lowest BCUT2D eigenvalue weighted by Crippen LogP contribution is -2.34. The molecule has 29 heavy (non-hydrogen) atoms. The maximum atomic E-state index is 12.9. The van der Waals surface area contributed by atoms with Crippen LogP contribution in [0.2, 0.25) is 5.02 Å². The van der Waals surface area contributed by atoms with Crippen LogP contribution in [0.4, 0.5) is 18.9 Å². The molecule has 1 saturated carbocycles. The number of anilines is 1. The number of rotatable bonds is 5. The molecular formula is C19H21ClF3N3O2S. The van der Waals surface area contributed by atoms with E-state index in [4.69, 9.17) is 11.6 Å². The van der Waals surface area contributed by atoms with Crippen molar-refractivity contribution in [1.82, 2.24) is 9.78 Å². The number of halogens is 4. The van der Waals surface area contributed by atoms with E-state index in [0.717, 1.165) is 36.1 Å². The van der Waals surface area contributed by atoms with Crippen molar-refractivity contribution in [2.24, 2.45) is 0 Å². The summed E-state index contributed by atoms with van der Waals surface area (Å²) in [7, 11) is -0.886. The maximum absolute atomic E-state index is 12.9. The molecule has 3 rings (SSSR count). The van der Waals surface area contributed by atoms with Crippen LogP contribution in [-0.4, -0.2) is 31.0 Å². The summed E-state index contributed by atoms with van der Waals surface area (Å²) in [6, 6.07) is 4.35. The Hall–Kier alpha value is -1.87. The number of hydrogen-bond acceptors (Lipinski definition) is 4. The van der Waals surface area contributed by atoms with E-state index in [-0.39, 0.29) is 22.0 Å². The third-order valence-electron chi connectivity index (χ3n) is 4.98. The average Bonchev–Trinajstić information content (AvgIpc) is 2.70. The van der Waals surface area contributed by atoms with Gasteiger partial charge in [0.2, 0.25) is 0 Å². The first kappa shape index (κ1) is 21.8. The molecular weight excluding hydrogens is 427 g/mol. The highest BCUT2D eigenvalue weighted by atomic mass is 35.5. The van der Waals surface area contributed by atoms with Crippen LogP contribution in [0.5, 0.6) is 0 Å². The Balaban J connectivity index is 1.84. The minimum absolute atomic E-state index is 0.00681. The molecule has 0 aliphatic heterocycles. The van der Waals surface area contributed by atoms with Gasteiger partial charge in [0, 0.05) is 27.8 Å². The van der Waals surface area contributed by atoms with E-state index in [0.29, 0.717) is 17.9 Å². The van der Waals surface area contributed by atoms with E-state index in [2.05, 4.69) is 10.4 Å². The molecule has 3 unspecified atom stereocenters. The molecule has 0 saturated heterocycles. The van der Waals surface area contributed by atoms with Crippen molar-refractivity contribution >= 4 is 28.1 Å². The van der Waals surface area contributed by atoms with Crippen molar-refractivity contribution in [1.29, 1.82) is 0 Å². The Morgan fingerprint density at radius 1 is 1.34 bits per heavy atom. The standard InChI is InChI=1S/C19H21ClF3N3O2S/c1-2-29(28)15-8-4-6-13(10-15)25-16-11-24-26(18(27)17(16)20)14-7-3-5-12(9-14)19(21,22)23/h3,5,7,9,11,13,15,25H,2,4,6,8,10H2,1H3. The Bertz CT molecular complexity index is 964. The SMILES string of the molecule is CCS(=O)C1CCCC(Nc2cnn(-c3cccc(C(F)(F)F)c3)c(=O)c2Cl)C1. The molecule has 5 nitrogen and oxygen atoms in total. The number of hydrogen-bond donors (Lipinski definition) is 1. The van der Waals surface area contributed by atoms with E-state index in [1.807, 2.05) is 6.92 Å². The Kier molecular flexibility index (Phi) is 6.68. The quantitative estimate of drug-likeness (QED) is 0.738. The molecule has 1 heterocycles. The molecule has 158 valence electrons. The lowest BCUT2D eigenvalue weighted by molar-refractivity contribution is -0.137. The lowest BCUT2D eigenvalue weighted by atomic mass is 9.95. The van der Waals surface area contributed by atoms with Gasteiger partial charge in [0.25, 0.3) is 5.56 Å². The topological polar surface area (TPSA) is 64.0 Å². The Morgan fingerprint density at radius 3 is 2.79 bits per heavy atom. The Morgan fingerprint density at radius 2 is 2.10 bits per heavy atom. The molecule has 0 bridgehead atoms. The van der Waals surface area contributed by atoms with Crippen molar-refractivity contribution in [2.75, 3.05) is 11.1 Å². The van der Waals surface area contributed by atoms with E-state index in [1.165, 1.54) is 18.3 Å².